The average Bonchev–Trinajstić information content (AvgIpc) is 2.64. The molecule has 0 heterocycles. The molecule has 0 aliphatic rings. The Morgan fingerprint density at radius 2 is 1.58 bits per heavy atom. The maximum absolute atomic E-state index is 12.9. The predicted molar refractivity (Wildman–Crippen MR) is 105 cm³/mol. The maximum atomic E-state index is 12.9. The molecule has 0 fully saturated rings. The Morgan fingerprint density at radius 3 is 2.08 bits per heavy atom. The molecule has 2 rings (SSSR count). The summed E-state index contributed by atoms with van der Waals surface area (Å²) in [6, 6.07) is 13.7. The molecule has 2 aromatic carbocycles. The molecule has 0 atom stereocenters. The Labute approximate surface area is 156 Å². The van der Waals surface area contributed by atoms with Crippen LogP contribution in [0.15, 0.2) is 42.5 Å². The maximum Gasteiger partial charge on any atom is 0.254 e. The first-order chi connectivity index (χ1) is 12.3. The third-order valence-electron chi connectivity index (χ3n) is 4.49. The van der Waals surface area contributed by atoms with Gasteiger partial charge in [0.1, 0.15) is 0 Å². The number of hydrogen-bond donors (Lipinski definition) is 0. The van der Waals surface area contributed by atoms with Gasteiger partial charge < -0.3 is 14.4 Å². The van der Waals surface area contributed by atoms with Crippen LogP contribution in [0.1, 0.15) is 49.2 Å². The molecule has 0 radical (unpaired) electrons. The molecule has 0 N–H and O–H groups in total. The fraction of sp³-hybridized carbons (Fsp3) is 0.409. The lowest BCUT2D eigenvalue weighted by molar-refractivity contribution is 0.0752. The molecule has 0 spiro atoms. The highest BCUT2D eigenvalue weighted by Gasteiger charge is 2.18. The van der Waals surface area contributed by atoms with Crippen LogP contribution in [0.3, 0.4) is 0 Å². The number of hydrogen-bond acceptors (Lipinski definition) is 3. The lowest BCUT2D eigenvalue weighted by atomic mass is 9.86. The Kier molecular flexibility index (Phi) is 6.30. The zero-order valence-corrected chi connectivity index (χ0v) is 16.6. The first-order valence-electron chi connectivity index (χ1n) is 8.90. The van der Waals surface area contributed by atoms with Gasteiger partial charge in [0.05, 0.1) is 14.2 Å². The smallest absolute Gasteiger partial charge is 0.254 e. The minimum atomic E-state index is 0.0303. The summed E-state index contributed by atoms with van der Waals surface area (Å²) in [5.74, 6) is 1.38. The van der Waals surface area contributed by atoms with Crippen molar-refractivity contribution in [3.63, 3.8) is 0 Å². The molecule has 0 saturated heterocycles. The van der Waals surface area contributed by atoms with E-state index >= 15 is 0 Å². The number of carbonyl (C=O) groups is 1. The van der Waals surface area contributed by atoms with Crippen LogP contribution >= 0.6 is 0 Å². The highest BCUT2D eigenvalue weighted by atomic mass is 16.5. The fourth-order valence-corrected chi connectivity index (χ4v) is 2.82. The standard InChI is InChI=1S/C22H29NO3/c1-7-23(15-16-8-13-19(25-5)20(14-16)26-6)21(24)17-9-11-18(12-10-17)22(2,3)4/h8-14H,7,15H2,1-6H3. The summed E-state index contributed by atoms with van der Waals surface area (Å²) in [5.41, 5.74) is 3.01. The summed E-state index contributed by atoms with van der Waals surface area (Å²) >= 11 is 0. The topological polar surface area (TPSA) is 38.8 Å². The van der Waals surface area contributed by atoms with Crippen LogP contribution in [-0.4, -0.2) is 31.6 Å². The SMILES string of the molecule is CCN(Cc1ccc(OC)c(OC)c1)C(=O)c1ccc(C(C)(C)C)cc1. The van der Waals surface area contributed by atoms with E-state index in [9.17, 15) is 4.79 Å². The van der Waals surface area contributed by atoms with Crippen molar-refractivity contribution in [3.05, 3.63) is 59.2 Å². The van der Waals surface area contributed by atoms with E-state index in [2.05, 4.69) is 20.8 Å². The third kappa shape index (κ3) is 4.57. The number of methoxy groups -OCH3 is 2. The first-order valence-corrected chi connectivity index (χ1v) is 8.90. The van der Waals surface area contributed by atoms with Gasteiger partial charge in [-0.2, -0.15) is 0 Å². The van der Waals surface area contributed by atoms with Gasteiger partial charge in [-0.05, 0) is 47.7 Å². The van der Waals surface area contributed by atoms with Crippen LogP contribution in [0.25, 0.3) is 0 Å². The normalized spacial score (nSPS) is 11.2. The Bertz CT molecular complexity index is 745. The minimum Gasteiger partial charge on any atom is -0.493 e. The van der Waals surface area contributed by atoms with Crippen molar-refractivity contribution in [2.45, 2.75) is 39.7 Å². The van der Waals surface area contributed by atoms with E-state index in [-0.39, 0.29) is 11.3 Å². The highest BCUT2D eigenvalue weighted by Crippen LogP contribution is 2.28. The molecule has 26 heavy (non-hydrogen) atoms. The van der Waals surface area contributed by atoms with Crippen molar-refractivity contribution in [1.82, 2.24) is 4.90 Å². The zero-order chi connectivity index (χ0) is 19.3. The van der Waals surface area contributed by atoms with E-state index in [0.29, 0.717) is 30.2 Å². The van der Waals surface area contributed by atoms with Crippen molar-refractivity contribution in [3.8, 4) is 11.5 Å². The number of rotatable bonds is 6. The van der Waals surface area contributed by atoms with E-state index in [1.807, 2.05) is 54.3 Å². The van der Waals surface area contributed by atoms with Gasteiger partial charge in [0, 0.05) is 18.7 Å². The summed E-state index contributed by atoms with van der Waals surface area (Å²) in [6.45, 7) is 9.64. The van der Waals surface area contributed by atoms with Gasteiger partial charge in [0.15, 0.2) is 11.5 Å². The van der Waals surface area contributed by atoms with Crippen LogP contribution in [0, 0.1) is 0 Å². The summed E-state index contributed by atoms with van der Waals surface area (Å²) in [5, 5.41) is 0. The van der Waals surface area contributed by atoms with Gasteiger partial charge in [-0.15, -0.1) is 0 Å². The van der Waals surface area contributed by atoms with Gasteiger partial charge in [-0.3, -0.25) is 4.79 Å². The quantitative estimate of drug-likeness (QED) is 0.756. The van der Waals surface area contributed by atoms with Crippen LogP contribution in [0.4, 0.5) is 0 Å². The molecule has 0 aromatic heterocycles. The van der Waals surface area contributed by atoms with Crippen molar-refractivity contribution in [2.75, 3.05) is 20.8 Å². The molecule has 0 bridgehead atoms. The van der Waals surface area contributed by atoms with E-state index < -0.39 is 0 Å². The zero-order valence-electron chi connectivity index (χ0n) is 16.6. The van der Waals surface area contributed by atoms with Crippen LogP contribution in [-0.2, 0) is 12.0 Å². The fourth-order valence-electron chi connectivity index (χ4n) is 2.82. The van der Waals surface area contributed by atoms with E-state index in [1.165, 1.54) is 5.56 Å². The molecule has 140 valence electrons. The Morgan fingerprint density at radius 1 is 0.962 bits per heavy atom. The number of carbonyl (C=O) groups excluding carboxylic acids is 1. The number of ether oxygens (including phenoxy) is 2. The second-order valence-electron chi connectivity index (χ2n) is 7.34. The lowest BCUT2D eigenvalue weighted by Gasteiger charge is -2.23. The summed E-state index contributed by atoms with van der Waals surface area (Å²) in [7, 11) is 3.22. The number of nitrogens with zero attached hydrogens (tertiary/aromatic N) is 1. The van der Waals surface area contributed by atoms with E-state index in [0.717, 1.165) is 5.56 Å². The first kappa shape index (κ1) is 19.8. The van der Waals surface area contributed by atoms with Gasteiger partial charge in [-0.1, -0.05) is 39.0 Å². The van der Waals surface area contributed by atoms with Crippen LogP contribution in [0.5, 0.6) is 11.5 Å². The highest BCUT2D eigenvalue weighted by molar-refractivity contribution is 5.94. The third-order valence-corrected chi connectivity index (χ3v) is 4.49. The number of benzene rings is 2. The molecular formula is C22H29NO3. The van der Waals surface area contributed by atoms with Crippen molar-refractivity contribution in [2.24, 2.45) is 0 Å². The molecular weight excluding hydrogens is 326 g/mol. The molecule has 4 heteroatoms. The molecule has 2 aromatic rings. The molecule has 0 saturated carbocycles. The van der Waals surface area contributed by atoms with Gasteiger partial charge in [0.2, 0.25) is 0 Å². The summed E-state index contributed by atoms with van der Waals surface area (Å²) < 4.78 is 10.6. The van der Waals surface area contributed by atoms with Gasteiger partial charge >= 0.3 is 0 Å². The monoisotopic (exact) mass is 355 g/mol. The second kappa shape index (κ2) is 8.26. The van der Waals surface area contributed by atoms with Crippen molar-refractivity contribution in [1.29, 1.82) is 0 Å². The van der Waals surface area contributed by atoms with Crippen LogP contribution < -0.4 is 9.47 Å². The van der Waals surface area contributed by atoms with Gasteiger partial charge in [-0.25, -0.2) is 0 Å². The Balaban J connectivity index is 2.19. The summed E-state index contributed by atoms with van der Waals surface area (Å²) in [6.07, 6.45) is 0. The second-order valence-corrected chi connectivity index (χ2v) is 7.34. The van der Waals surface area contributed by atoms with Crippen molar-refractivity contribution < 1.29 is 14.3 Å². The van der Waals surface area contributed by atoms with Crippen molar-refractivity contribution >= 4 is 5.91 Å². The summed E-state index contributed by atoms with van der Waals surface area (Å²) in [4.78, 5) is 14.7. The Hall–Kier alpha value is -2.49. The molecule has 4 nitrogen and oxygen atoms in total. The number of amides is 1. The van der Waals surface area contributed by atoms with Crippen LogP contribution in [0.2, 0.25) is 0 Å². The molecule has 0 aliphatic carbocycles. The average molecular weight is 355 g/mol. The predicted octanol–water partition coefficient (Wildman–Crippen LogP) is 4.66. The minimum absolute atomic E-state index is 0.0303. The van der Waals surface area contributed by atoms with E-state index in [1.54, 1.807) is 14.2 Å². The molecule has 0 aliphatic heterocycles. The lowest BCUT2D eigenvalue weighted by Crippen LogP contribution is -2.30. The molecule has 1 amide bonds. The van der Waals surface area contributed by atoms with E-state index in [4.69, 9.17) is 9.47 Å². The molecule has 0 unspecified atom stereocenters. The largest absolute Gasteiger partial charge is 0.493 e. The van der Waals surface area contributed by atoms with Gasteiger partial charge in [0.25, 0.3) is 5.91 Å².